The monoisotopic (exact) mass is 503 g/mol. The van der Waals surface area contributed by atoms with E-state index in [0.717, 1.165) is 11.8 Å². The zero-order valence-corrected chi connectivity index (χ0v) is 21.1. The summed E-state index contributed by atoms with van der Waals surface area (Å²) in [5.41, 5.74) is 18.9. The first kappa shape index (κ1) is 32.9. The van der Waals surface area contributed by atoms with E-state index in [9.17, 15) is 14.4 Å². The summed E-state index contributed by atoms with van der Waals surface area (Å²) in [4.78, 5) is 30.0. The van der Waals surface area contributed by atoms with Crippen molar-refractivity contribution in [2.75, 3.05) is 20.3 Å². The number of nitrogens with two attached hydrogens (primary N) is 3. The van der Waals surface area contributed by atoms with Crippen molar-refractivity contribution >= 4 is 18.2 Å². The largest absolute Gasteiger partial charge is 0.480 e. The number of benzene rings is 2. The van der Waals surface area contributed by atoms with Crippen molar-refractivity contribution in [3.05, 3.63) is 60.2 Å². The summed E-state index contributed by atoms with van der Waals surface area (Å²) in [5.74, 6) is -1.89. The molecule has 0 radical (unpaired) electrons. The van der Waals surface area contributed by atoms with Crippen LogP contribution in [0.1, 0.15) is 55.3 Å². The fourth-order valence-corrected chi connectivity index (χ4v) is 3.10. The molecule has 200 valence electrons. The van der Waals surface area contributed by atoms with E-state index in [2.05, 4.69) is 16.9 Å². The van der Waals surface area contributed by atoms with Crippen molar-refractivity contribution in [3.63, 3.8) is 0 Å². The number of ether oxygens (including phenoxy) is 1. The van der Waals surface area contributed by atoms with Crippen LogP contribution < -0.4 is 17.2 Å². The van der Waals surface area contributed by atoms with Gasteiger partial charge in [-0.05, 0) is 43.4 Å². The average Bonchev–Trinajstić information content (AvgIpc) is 2.89. The predicted octanol–water partition coefficient (Wildman–Crippen LogP) is 3.30. The summed E-state index contributed by atoms with van der Waals surface area (Å²) in [5, 5.41) is 16.0. The zero-order chi connectivity index (χ0) is 27.2. The minimum Gasteiger partial charge on any atom is -0.480 e. The van der Waals surface area contributed by atoms with Crippen LogP contribution >= 0.6 is 0 Å². The minimum absolute atomic E-state index is 0.208. The van der Waals surface area contributed by atoms with Gasteiger partial charge in [0.25, 0.3) is 0 Å². The van der Waals surface area contributed by atoms with Crippen LogP contribution in [0.15, 0.2) is 54.6 Å². The molecule has 0 aromatic heterocycles. The molecule has 1 atom stereocenters. The van der Waals surface area contributed by atoms with E-state index in [1.807, 2.05) is 42.5 Å². The number of carboxylic acids is 2. The van der Waals surface area contributed by atoms with Gasteiger partial charge < -0.3 is 32.2 Å². The fraction of sp³-hybridized carbons (Fsp3) is 0.444. The fourth-order valence-electron chi connectivity index (χ4n) is 3.10. The minimum atomic E-state index is -0.955. The maximum atomic E-state index is 10.5. The summed E-state index contributed by atoms with van der Waals surface area (Å²) in [6.07, 6.45) is 8.66. The number of carboxylic acid groups (broad SMARTS) is 2. The molecule has 8 N–H and O–H groups in total. The van der Waals surface area contributed by atoms with E-state index in [4.69, 9.17) is 27.4 Å². The Labute approximate surface area is 213 Å². The SMILES string of the molecule is COCC(=O)O.NC1CCCCC1.NCCCC(N)C(=O)O.O=Cc1ccc(-c2ccccc2)cc1. The smallest absolute Gasteiger partial charge is 0.329 e. The predicted molar refractivity (Wildman–Crippen MR) is 142 cm³/mol. The van der Waals surface area contributed by atoms with Gasteiger partial charge in [0, 0.05) is 18.7 Å². The van der Waals surface area contributed by atoms with Crippen molar-refractivity contribution in [2.24, 2.45) is 17.2 Å². The van der Waals surface area contributed by atoms with Gasteiger partial charge in [-0.2, -0.15) is 0 Å². The van der Waals surface area contributed by atoms with Crippen molar-refractivity contribution < 1.29 is 29.3 Å². The molecule has 1 fully saturated rings. The molecule has 0 heterocycles. The molecule has 0 bridgehead atoms. The molecule has 36 heavy (non-hydrogen) atoms. The van der Waals surface area contributed by atoms with Gasteiger partial charge in [0.2, 0.25) is 0 Å². The topological polar surface area (TPSA) is 179 Å². The standard InChI is InChI=1S/C13H10O.C6H13N.C5H12N2O2.C3H6O3/c14-10-11-6-8-13(9-7-11)12-4-2-1-3-5-12;7-6-4-2-1-3-5-6;6-3-1-2-4(7)5(8)9;1-6-2-3(4)5/h1-10H;6H,1-5,7H2;4H,1-3,6-7H2,(H,8,9);2H2,1H3,(H,4,5). The molecule has 2 aromatic rings. The Kier molecular flexibility index (Phi) is 19.4. The molecule has 0 amide bonds. The van der Waals surface area contributed by atoms with Crippen LogP contribution in [-0.2, 0) is 14.3 Å². The highest BCUT2D eigenvalue weighted by Crippen LogP contribution is 2.18. The van der Waals surface area contributed by atoms with Crippen LogP contribution in [0.3, 0.4) is 0 Å². The third-order valence-corrected chi connectivity index (χ3v) is 5.11. The van der Waals surface area contributed by atoms with Gasteiger partial charge in [-0.25, -0.2) is 4.79 Å². The third-order valence-electron chi connectivity index (χ3n) is 5.11. The van der Waals surface area contributed by atoms with Crippen molar-refractivity contribution in [1.82, 2.24) is 0 Å². The first-order chi connectivity index (χ1) is 17.2. The van der Waals surface area contributed by atoms with Gasteiger partial charge in [0.1, 0.15) is 18.9 Å². The van der Waals surface area contributed by atoms with Crippen LogP contribution in [0.5, 0.6) is 0 Å². The second-order valence-electron chi connectivity index (χ2n) is 8.21. The highest BCUT2D eigenvalue weighted by atomic mass is 16.5. The highest BCUT2D eigenvalue weighted by molar-refractivity contribution is 5.76. The van der Waals surface area contributed by atoms with E-state index in [-0.39, 0.29) is 6.61 Å². The molecule has 0 saturated heterocycles. The van der Waals surface area contributed by atoms with E-state index >= 15 is 0 Å². The van der Waals surface area contributed by atoms with Gasteiger partial charge in [0.15, 0.2) is 0 Å². The average molecular weight is 504 g/mol. The Bertz CT molecular complexity index is 840. The van der Waals surface area contributed by atoms with E-state index in [1.54, 1.807) is 0 Å². The molecule has 1 unspecified atom stereocenters. The van der Waals surface area contributed by atoms with Gasteiger partial charge in [0.05, 0.1) is 0 Å². The normalized spacial score (nSPS) is 13.3. The lowest BCUT2D eigenvalue weighted by molar-refractivity contribution is -0.141. The number of rotatable bonds is 8. The van der Waals surface area contributed by atoms with Crippen molar-refractivity contribution in [3.8, 4) is 11.1 Å². The number of hydrogen-bond acceptors (Lipinski definition) is 7. The molecule has 1 aliphatic carbocycles. The van der Waals surface area contributed by atoms with E-state index < -0.39 is 18.0 Å². The summed E-state index contributed by atoms with van der Waals surface area (Å²) < 4.78 is 4.20. The first-order valence-electron chi connectivity index (χ1n) is 12.0. The molecule has 0 aliphatic heterocycles. The number of carbonyl (C=O) groups is 3. The maximum Gasteiger partial charge on any atom is 0.329 e. The lowest BCUT2D eigenvalue weighted by Crippen LogP contribution is -2.30. The Morgan fingerprint density at radius 1 is 1.00 bits per heavy atom. The zero-order valence-electron chi connectivity index (χ0n) is 21.1. The molecular formula is C27H41N3O6. The van der Waals surface area contributed by atoms with Crippen LogP contribution in [0.2, 0.25) is 0 Å². The van der Waals surface area contributed by atoms with Gasteiger partial charge in [-0.1, -0.05) is 73.9 Å². The summed E-state index contributed by atoms with van der Waals surface area (Å²) in [7, 11) is 1.34. The number of aliphatic carboxylic acids is 2. The molecule has 9 heteroatoms. The maximum absolute atomic E-state index is 10.5. The van der Waals surface area contributed by atoms with E-state index in [0.29, 0.717) is 31.0 Å². The Morgan fingerprint density at radius 3 is 1.92 bits per heavy atom. The van der Waals surface area contributed by atoms with Crippen molar-refractivity contribution in [1.29, 1.82) is 0 Å². The van der Waals surface area contributed by atoms with Gasteiger partial charge in [-0.3, -0.25) is 9.59 Å². The van der Waals surface area contributed by atoms with Crippen LogP contribution in [-0.4, -0.2) is 60.8 Å². The number of carbonyl (C=O) groups excluding carboxylic acids is 1. The Hall–Kier alpha value is -3.11. The van der Waals surface area contributed by atoms with Crippen LogP contribution in [0, 0.1) is 0 Å². The first-order valence-corrected chi connectivity index (χ1v) is 12.0. The summed E-state index contributed by atoms with van der Waals surface area (Å²) in [6, 6.07) is 17.5. The third kappa shape index (κ3) is 17.3. The molecule has 1 saturated carbocycles. The quantitative estimate of drug-likeness (QED) is 0.338. The Balaban J connectivity index is 0.000000485. The van der Waals surface area contributed by atoms with Crippen molar-refractivity contribution in [2.45, 2.75) is 57.0 Å². The number of hydrogen-bond donors (Lipinski definition) is 5. The molecule has 2 aromatic carbocycles. The second kappa shape index (κ2) is 21.2. The molecule has 0 spiro atoms. The molecule has 1 aliphatic rings. The van der Waals surface area contributed by atoms with E-state index in [1.165, 1.54) is 44.8 Å². The molecular weight excluding hydrogens is 462 g/mol. The summed E-state index contributed by atoms with van der Waals surface area (Å²) >= 11 is 0. The van der Waals surface area contributed by atoms with Crippen LogP contribution in [0.25, 0.3) is 11.1 Å². The highest BCUT2D eigenvalue weighted by Gasteiger charge is 2.09. The summed E-state index contributed by atoms with van der Waals surface area (Å²) in [6.45, 7) is 0.293. The number of methoxy groups -OCH3 is 1. The molecule has 9 nitrogen and oxygen atoms in total. The Morgan fingerprint density at radius 2 is 1.56 bits per heavy atom. The van der Waals surface area contributed by atoms with Gasteiger partial charge >= 0.3 is 11.9 Å². The lowest BCUT2D eigenvalue weighted by atomic mass is 9.97. The molecule has 3 rings (SSSR count). The van der Waals surface area contributed by atoms with Gasteiger partial charge in [-0.15, -0.1) is 0 Å². The lowest BCUT2D eigenvalue weighted by Gasteiger charge is -2.15. The second-order valence-corrected chi connectivity index (χ2v) is 8.21. The van der Waals surface area contributed by atoms with Crippen LogP contribution in [0.4, 0.5) is 0 Å². The number of aldehydes is 1.